The van der Waals surface area contributed by atoms with E-state index in [9.17, 15) is 14.0 Å². The van der Waals surface area contributed by atoms with E-state index in [1.54, 1.807) is 7.05 Å². The molecule has 1 saturated heterocycles. The first-order chi connectivity index (χ1) is 15.4. The van der Waals surface area contributed by atoms with Gasteiger partial charge in [0.2, 0.25) is 11.9 Å². The number of amides is 1. The van der Waals surface area contributed by atoms with Crippen LogP contribution in [0.15, 0.2) is 59.7 Å². The van der Waals surface area contributed by atoms with Crippen LogP contribution in [0.4, 0.5) is 10.3 Å². The summed E-state index contributed by atoms with van der Waals surface area (Å²) in [5.74, 6) is 0.810. The molecular formula is C24H24FN5O2. The van der Waals surface area contributed by atoms with Crippen LogP contribution < -0.4 is 10.5 Å². The molecule has 1 aliphatic carbocycles. The Balaban J connectivity index is 1.31. The fourth-order valence-corrected chi connectivity index (χ4v) is 4.85. The molecule has 1 aliphatic heterocycles. The van der Waals surface area contributed by atoms with Gasteiger partial charge in [-0.2, -0.15) is 0 Å². The fraction of sp³-hybridized carbons (Fsp3) is 0.333. The molecule has 0 spiro atoms. The van der Waals surface area contributed by atoms with Crippen LogP contribution in [0, 0.1) is 17.7 Å². The topological polar surface area (TPSA) is 71.3 Å². The van der Waals surface area contributed by atoms with E-state index >= 15 is 0 Å². The van der Waals surface area contributed by atoms with Crippen molar-refractivity contribution in [1.82, 2.24) is 19.4 Å². The molecule has 5 rings (SSSR count). The fourth-order valence-electron chi connectivity index (χ4n) is 4.85. The number of halogens is 1. The average molecular weight is 433 g/mol. The second-order valence-corrected chi connectivity index (χ2v) is 8.58. The van der Waals surface area contributed by atoms with Crippen molar-refractivity contribution in [3.8, 4) is 11.3 Å². The van der Waals surface area contributed by atoms with Gasteiger partial charge in [0.25, 0.3) is 5.56 Å². The number of hydrogen-bond acceptors (Lipinski definition) is 5. The summed E-state index contributed by atoms with van der Waals surface area (Å²) in [6.07, 6.45) is 3.01. The van der Waals surface area contributed by atoms with E-state index < -0.39 is 5.82 Å². The minimum Gasteiger partial charge on any atom is -0.342 e. The Morgan fingerprint density at radius 1 is 1.19 bits per heavy atom. The van der Waals surface area contributed by atoms with Crippen LogP contribution in [0.3, 0.4) is 0 Å². The summed E-state index contributed by atoms with van der Waals surface area (Å²) in [4.78, 5) is 37.5. The zero-order valence-electron chi connectivity index (χ0n) is 18.0. The Hall–Kier alpha value is -3.55. The van der Waals surface area contributed by atoms with Gasteiger partial charge in [-0.15, -0.1) is 0 Å². The maximum Gasteiger partial charge on any atom is 0.255 e. The van der Waals surface area contributed by atoms with Crippen LogP contribution in [-0.2, 0) is 18.3 Å². The molecule has 8 heteroatoms. The number of carbonyl (C=O) groups excluding carboxylic acids is 1. The highest BCUT2D eigenvalue weighted by molar-refractivity contribution is 5.79. The summed E-state index contributed by atoms with van der Waals surface area (Å²) in [5, 5.41) is 0. The van der Waals surface area contributed by atoms with Gasteiger partial charge >= 0.3 is 0 Å². The summed E-state index contributed by atoms with van der Waals surface area (Å²) in [6.45, 7) is 1.41. The van der Waals surface area contributed by atoms with E-state index in [1.807, 2.05) is 47.2 Å². The molecule has 1 amide bonds. The number of likely N-dealkylation sites (tertiary alicyclic amines) is 1. The predicted molar refractivity (Wildman–Crippen MR) is 119 cm³/mol. The number of nitrogens with zero attached hydrogens (tertiary/aromatic N) is 5. The zero-order chi connectivity index (χ0) is 22.4. The number of pyridine rings is 1. The van der Waals surface area contributed by atoms with Crippen LogP contribution in [0.1, 0.15) is 5.56 Å². The molecule has 7 nitrogen and oxygen atoms in total. The monoisotopic (exact) mass is 433 g/mol. The summed E-state index contributed by atoms with van der Waals surface area (Å²) in [5.41, 5.74) is 1.31. The molecule has 3 aromatic rings. The van der Waals surface area contributed by atoms with Gasteiger partial charge < -0.3 is 9.80 Å². The van der Waals surface area contributed by atoms with Crippen molar-refractivity contribution in [2.24, 2.45) is 18.9 Å². The minimum absolute atomic E-state index is 0.144. The lowest BCUT2D eigenvalue weighted by Crippen LogP contribution is -2.38. The number of anilines is 1. The van der Waals surface area contributed by atoms with Gasteiger partial charge in [-0.3, -0.25) is 19.1 Å². The van der Waals surface area contributed by atoms with Crippen LogP contribution in [-0.4, -0.2) is 51.5 Å². The molecule has 0 N–H and O–H groups in total. The van der Waals surface area contributed by atoms with Crippen molar-refractivity contribution in [3.63, 3.8) is 0 Å². The third-order valence-corrected chi connectivity index (χ3v) is 6.62. The number of fused-ring (bicyclic) bond motifs is 1. The van der Waals surface area contributed by atoms with E-state index in [0.29, 0.717) is 43.0 Å². The first-order valence-electron chi connectivity index (χ1n) is 10.7. The Kier molecular flexibility index (Phi) is 5.00. The first kappa shape index (κ1) is 20.4. The summed E-state index contributed by atoms with van der Waals surface area (Å²) >= 11 is 0. The van der Waals surface area contributed by atoms with E-state index in [2.05, 4.69) is 9.97 Å². The summed E-state index contributed by atoms with van der Waals surface area (Å²) in [6, 6.07) is 12.8. The van der Waals surface area contributed by atoms with Crippen molar-refractivity contribution in [3.05, 3.63) is 76.6 Å². The predicted octanol–water partition coefficient (Wildman–Crippen LogP) is 2.12. The van der Waals surface area contributed by atoms with Crippen molar-refractivity contribution in [2.45, 2.75) is 12.5 Å². The number of piperidine rings is 1. The van der Waals surface area contributed by atoms with Crippen LogP contribution in [0.25, 0.3) is 11.3 Å². The molecule has 1 aromatic carbocycles. The normalized spacial score (nSPS) is 21.3. The van der Waals surface area contributed by atoms with Crippen molar-refractivity contribution < 1.29 is 9.18 Å². The highest BCUT2D eigenvalue weighted by atomic mass is 19.1. The lowest BCUT2D eigenvalue weighted by Gasteiger charge is -2.26. The van der Waals surface area contributed by atoms with E-state index in [0.717, 1.165) is 11.8 Å². The highest BCUT2D eigenvalue weighted by Gasteiger charge is 2.59. The van der Waals surface area contributed by atoms with E-state index in [-0.39, 0.29) is 23.1 Å². The molecule has 2 aliphatic rings. The Morgan fingerprint density at radius 3 is 2.59 bits per heavy atom. The number of benzene rings is 1. The maximum absolute atomic E-state index is 14.2. The molecular weight excluding hydrogens is 409 g/mol. The molecule has 1 unspecified atom stereocenters. The second-order valence-electron chi connectivity index (χ2n) is 8.58. The quantitative estimate of drug-likeness (QED) is 0.617. The van der Waals surface area contributed by atoms with Gasteiger partial charge in [0.05, 0.1) is 18.3 Å². The molecule has 32 heavy (non-hydrogen) atoms. The third kappa shape index (κ3) is 3.55. The van der Waals surface area contributed by atoms with Gasteiger partial charge in [-0.25, -0.2) is 9.37 Å². The van der Waals surface area contributed by atoms with Crippen LogP contribution in [0.2, 0.25) is 0 Å². The lowest BCUT2D eigenvalue weighted by molar-refractivity contribution is -0.130. The lowest BCUT2D eigenvalue weighted by atomic mass is 10.1. The maximum atomic E-state index is 14.2. The smallest absolute Gasteiger partial charge is 0.255 e. The third-order valence-electron chi connectivity index (χ3n) is 6.62. The van der Waals surface area contributed by atoms with Gasteiger partial charge in [0.15, 0.2) is 5.82 Å². The average Bonchev–Trinajstić information content (AvgIpc) is 3.28. The second kappa shape index (κ2) is 7.85. The van der Waals surface area contributed by atoms with Crippen molar-refractivity contribution in [1.29, 1.82) is 0 Å². The van der Waals surface area contributed by atoms with Crippen molar-refractivity contribution in [2.75, 3.05) is 25.0 Å². The molecule has 3 atom stereocenters. The Bertz CT molecular complexity index is 1220. The summed E-state index contributed by atoms with van der Waals surface area (Å²) < 4.78 is 15.7. The van der Waals surface area contributed by atoms with Gasteiger partial charge in [-0.1, -0.05) is 30.3 Å². The van der Waals surface area contributed by atoms with Gasteiger partial charge in [-0.05, 0) is 11.6 Å². The largest absolute Gasteiger partial charge is 0.342 e. The molecule has 164 valence electrons. The van der Waals surface area contributed by atoms with Crippen molar-refractivity contribution >= 4 is 11.9 Å². The van der Waals surface area contributed by atoms with Gasteiger partial charge in [0.1, 0.15) is 0 Å². The number of aromatic nitrogens is 3. The molecule has 0 bridgehead atoms. The molecule has 2 aromatic heterocycles. The number of rotatable bonds is 5. The molecule has 2 fully saturated rings. The highest BCUT2D eigenvalue weighted by Crippen LogP contribution is 2.49. The summed E-state index contributed by atoms with van der Waals surface area (Å²) in [7, 11) is 3.58. The SMILES string of the molecule is CN(c1nc(-c2ccncc2F)cc(=O)n1C)C1[C@H]2CN(C(=O)Cc3ccccc3)C[C@@H]12. The standard InChI is InChI=1S/C24H24FN5O2/c1-28-21(31)11-20(16-8-9-26-12-19(16)25)27-24(28)29(2)23-17-13-30(14-18(17)23)22(32)10-15-6-4-3-5-7-15/h3-9,11-12,17-18,23H,10,13-14H2,1-2H3/t17-,18+,23?. The number of hydrogen-bond donors (Lipinski definition) is 0. The van der Waals surface area contributed by atoms with E-state index in [1.165, 1.54) is 22.9 Å². The van der Waals surface area contributed by atoms with E-state index in [4.69, 9.17) is 0 Å². The van der Waals surface area contributed by atoms with Gasteiger partial charge in [0, 0.05) is 62.9 Å². The Labute approximate surface area is 185 Å². The molecule has 3 heterocycles. The number of carbonyl (C=O) groups is 1. The van der Waals surface area contributed by atoms with Crippen LogP contribution in [0.5, 0.6) is 0 Å². The first-order valence-corrected chi connectivity index (χ1v) is 10.7. The Morgan fingerprint density at radius 2 is 1.91 bits per heavy atom. The minimum atomic E-state index is -0.516. The molecule has 1 saturated carbocycles. The van der Waals surface area contributed by atoms with Crippen LogP contribution >= 0.6 is 0 Å². The molecule has 0 radical (unpaired) electrons. The zero-order valence-corrected chi connectivity index (χ0v) is 18.0.